The highest BCUT2D eigenvalue weighted by molar-refractivity contribution is 6.02. The first-order chi connectivity index (χ1) is 16.5. The van der Waals surface area contributed by atoms with Gasteiger partial charge in [0.2, 0.25) is 0 Å². The fourth-order valence-electron chi connectivity index (χ4n) is 4.66. The Labute approximate surface area is 198 Å². The normalized spacial score (nSPS) is 18.1. The third-order valence-corrected chi connectivity index (χ3v) is 6.17. The number of nitrogens with zero attached hydrogens (tertiary/aromatic N) is 4. The van der Waals surface area contributed by atoms with Crippen LogP contribution in [0.3, 0.4) is 0 Å². The molecule has 9 heteroatoms. The first-order valence-electron chi connectivity index (χ1n) is 11.5. The molecule has 2 aromatic rings. The fourth-order valence-corrected chi connectivity index (χ4v) is 4.66. The molecule has 0 unspecified atom stereocenters. The van der Waals surface area contributed by atoms with Gasteiger partial charge < -0.3 is 25.5 Å². The van der Waals surface area contributed by atoms with Crippen molar-refractivity contribution in [3.8, 4) is 5.75 Å². The van der Waals surface area contributed by atoms with Crippen molar-refractivity contribution in [2.24, 2.45) is 10.7 Å². The van der Waals surface area contributed by atoms with Gasteiger partial charge in [-0.3, -0.25) is 15.0 Å². The molecular formula is C25H29FN6O2. The van der Waals surface area contributed by atoms with Crippen molar-refractivity contribution >= 4 is 29.0 Å². The monoisotopic (exact) mass is 464 g/mol. The third kappa shape index (κ3) is 4.19. The standard InChI is InChI=1S/C25H29FN6O2/c1-17(28)15-30(16-27)22-7-2-18(21-8-12-34-24(21)22)14-23-25-29-9-10-31(32(25)11-13-33-23)20-5-3-19(26)4-6-20/h2-7,14,28H,8-13,15-16,27H2,1H3. The van der Waals surface area contributed by atoms with Crippen molar-refractivity contribution in [3.05, 3.63) is 59.1 Å². The Hall–Kier alpha value is -3.59. The molecule has 3 N–H and O–H groups in total. The number of rotatable bonds is 6. The zero-order valence-corrected chi connectivity index (χ0v) is 19.3. The molecule has 8 nitrogen and oxygen atoms in total. The summed E-state index contributed by atoms with van der Waals surface area (Å²) in [5, 5.41) is 12.1. The summed E-state index contributed by atoms with van der Waals surface area (Å²) >= 11 is 0. The van der Waals surface area contributed by atoms with Crippen LogP contribution in [0.4, 0.5) is 15.8 Å². The molecule has 5 rings (SSSR count). The number of nitrogens with one attached hydrogen (secondary N) is 1. The van der Waals surface area contributed by atoms with Gasteiger partial charge in [-0.25, -0.2) is 4.39 Å². The maximum absolute atomic E-state index is 13.4. The molecular weight excluding hydrogens is 435 g/mol. The lowest BCUT2D eigenvalue weighted by molar-refractivity contribution is 0.160. The quantitative estimate of drug-likeness (QED) is 0.505. The maximum Gasteiger partial charge on any atom is 0.185 e. The Morgan fingerprint density at radius 3 is 2.74 bits per heavy atom. The molecule has 0 bridgehead atoms. The number of aliphatic imine (C=N–C) groups is 1. The molecule has 178 valence electrons. The van der Waals surface area contributed by atoms with Crippen LogP contribution in [0.2, 0.25) is 0 Å². The number of hydrogen-bond donors (Lipinski definition) is 2. The van der Waals surface area contributed by atoms with E-state index in [0.29, 0.717) is 51.0 Å². The predicted octanol–water partition coefficient (Wildman–Crippen LogP) is 3.03. The Bertz CT molecular complexity index is 1150. The van der Waals surface area contributed by atoms with E-state index in [0.717, 1.165) is 47.1 Å². The van der Waals surface area contributed by atoms with Crippen molar-refractivity contribution < 1.29 is 13.9 Å². The molecule has 2 aromatic carbocycles. The van der Waals surface area contributed by atoms with E-state index in [1.165, 1.54) is 12.1 Å². The number of halogens is 1. The highest BCUT2D eigenvalue weighted by Crippen LogP contribution is 2.39. The summed E-state index contributed by atoms with van der Waals surface area (Å²) in [6.45, 7) is 5.69. The predicted molar refractivity (Wildman–Crippen MR) is 132 cm³/mol. The minimum absolute atomic E-state index is 0.249. The third-order valence-electron chi connectivity index (χ3n) is 6.17. The Kier molecular flexibility index (Phi) is 6.10. The minimum Gasteiger partial charge on any atom is -0.491 e. The molecule has 3 aliphatic rings. The Morgan fingerprint density at radius 1 is 1.15 bits per heavy atom. The van der Waals surface area contributed by atoms with Crippen LogP contribution in [0.1, 0.15) is 18.1 Å². The van der Waals surface area contributed by atoms with E-state index in [9.17, 15) is 4.39 Å². The second kappa shape index (κ2) is 9.34. The van der Waals surface area contributed by atoms with Crippen LogP contribution in [0.25, 0.3) is 6.08 Å². The van der Waals surface area contributed by atoms with Crippen LogP contribution in [0, 0.1) is 11.2 Å². The van der Waals surface area contributed by atoms with Crippen LogP contribution in [0.5, 0.6) is 5.75 Å². The van der Waals surface area contributed by atoms with Gasteiger partial charge in [-0.2, -0.15) is 0 Å². The van der Waals surface area contributed by atoms with Crippen molar-refractivity contribution in [3.63, 3.8) is 0 Å². The molecule has 0 aliphatic carbocycles. The van der Waals surface area contributed by atoms with E-state index < -0.39 is 0 Å². The smallest absolute Gasteiger partial charge is 0.185 e. The number of fused-ring (bicyclic) bond motifs is 2. The molecule has 1 saturated heterocycles. The molecule has 34 heavy (non-hydrogen) atoms. The molecule has 0 atom stereocenters. The van der Waals surface area contributed by atoms with Crippen LogP contribution < -0.4 is 20.4 Å². The Balaban J connectivity index is 1.47. The number of anilines is 2. The van der Waals surface area contributed by atoms with Gasteiger partial charge in [0.15, 0.2) is 11.6 Å². The van der Waals surface area contributed by atoms with Crippen molar-refractivity contribution in [1.29, 1.82) is 5.41 Å². The zero-order chi connectivity index (χ0) is 23.7. The lowest BCUT2D eigenvalue weighted by atomic mass is 10.0. The van der Waals surface area contributed by atoms with Crippen molar-refractivity contribution in [2.45, 2.75) is 13.3 Å². The number of morpholine rings is 1. The SMILES string of the molecule is CC(=N)CN(CN)c1ccc(C=C2OCCN3C2=NCCN3c2ccc(F)cc2)c2c1OCC2. The summed E-state index contributed by atoms with van der Waals surface area (Å²) in [5.74, 6) is 2.07. The number of hydrogen-bond acceptors (Lipinski definition) is 8. The van der Waals surface area contributed by atoms with Gasteiger partial charge in [0, 0.05) is 17.7 Å². The molecule has 0 amide bonds. The largest absolute Gasteiger partial charge is 0.491 e. The fraction of sp³-hybridized carbons (Fsp3) is 0.360. The number of nitrogens with two attached hydrogens (primary N) is 1. The topological polar surface area (TPSA) is 90.4 Å². The lowest BCUT2D eigenvalue weighted by Gasteiger charge is -2.43. The number of ether oxygens (including phenoxy) is 2. The van der Waals surface area contributed by atoms with Crippen molar-refractivity contribution in [2.75, 3.05) is 56.0 Å². The molecule has 0 radical (unpaired) electrons. The second-order valence-corrected chi connectivity index (χ2v) is 8.53. The summed E-state index contributed by atoms with van der Waals surface area (Å²) in [6.07, 6.45) is 2.83. The Morgan fingerprint density at radius 2 is 1.97 bits per heavy atom. The van der Waals surface area contributed by atoms with E-state index in [1.807, 2.05) is 17.0 Å². The summed E-state index contributed by atoms with van der Waals surface area (Å²) in [4.78, 5) is 6.71. The summed E-state index contributed by atoms with van der Waals surface area (Å²) in [5.41, 5.74) is 10.5. The van der Waals surface area contributed by atoms with Gasteiger partial charge in [0.25, 0.3) is 0 Å². The molecule has 0 saturated carbocycles. The number of benzene rings is 2. The van der Waals surface area contributed by atoms with Crippen LogP contribution in [-0.2, 0) is 11.2 Å². The van der Waals surface area contributed by atoms with Crippen LogP contribution >= 0.6 is 0 Å². The molecule has 0 spiro atoms. The number of amidine groups is 1. The van der Waals surface area contributed by atoms with Gasteiger partial charge in [0.1, 0.15) is 18.2 Å². The summed E-state index contributed by atoms with van der Waals surface area (Å²) in [6, 6.07) is 10.6. The van der Waals surface area contributed by atoms with Gasteiger partial charge in [-0.15, -0.1) is 0 Å². The molecule has 1 fully saturated rings. The second-order valence-electron chi connectivity index (χ2n) is 8.53. The number of hydrazine groups is 1. The summed E-state index contributed by atoms with van der Waals surface area (Å²) in [7, 11) is 0. The van der Waals surface area contributed by atoms with E-state index in [2.05, 4.69) is 16.1 Å². The van der Waals surface area contributed by atoms with E-state index in [-0.39, 0.29) is 5.82 Å². The average Bonchev–Trinajstić information content (AvgIpc) is 3.34. The van der Waals surface area contributed by atoms with E-state index in [4.69, 9.17) is 25.6 Å². The van der Waals surface area contributed by atoms with Crippen LogP contribution in [-0.4, -0.2) is 62.6 Å². The minimum atomic E-state index is -0.249. The lowest BCUT2D eigenvalue weighted by Crippen LogP contribution is -2.55. The molecule has 3 heterocycles. The molecule has 0 aromatic heterocycles. The van der Waals surface area contributed by atoms with Crippen molar-refractivity contribution in [1.82, 2.24) is 5.01 Å². The zero-order valence-electron chi connectivity index (χ0n) is 19.3. The molecule has 3 aliphatic heterocycles. The van der Waals surface area contributed by atoms with Gasteiger partial charge >= 0.3 is 0 Å². The highest BCUT2D eigenvalue weighted by Gasteiger charge is 2.31. The van der Waals surface area contributed by atoms with Gasteiger partial charge in [-0.05, 0) is 48.9 Å². The van der Waals surface area contributed by atoms with Gasteiger partial charge in [0.05, 0.1) is 50.8 Å². The maximum atomic E-state index is 13.4. The first-order valence-corrected chi connectivity index (χ1v) is 11.5. The highest BCUT2D eigenvalue weighted by atomic mass is 19.1. The first kappa shape index (κ1) is 22.2. The van der Waals surface area contributed by atoms with E-state index >= 15 is 0 Å². The summed E-state index contributed by atoms with van der Waals surface area (Å²) < 4.78 is 25.5. The average molecular weight is 465 g/mol. The van der Waals surface area contributed by atoms with Gasteiger partial charge in [-0.1, -0.05) is 6.07 Å². The van der Waals surface area contributed by atoms with E-state index in [1.54, 1.807) is 19.1 Å². The van der Waals surface area contributed by atoms with Crippen LogP contribution in [0.15, 0.2) is 47.1 Å².